The molecular weight excluding hydrogens is 224 g/mol. The molecule has 0 atom stereocenters. The van der Waals surface area contributed by atoms with Gasteiger partial charge in [0.1, 0.15) is 0 Å². The molecule has 0 nitrogen and oxygen atoms in total. The summed E-state index contributed by atoms with van der Waals surface area (Å²) in [6.07, 6.45) is 18.2. The molecule has 2 aliphatic carbocycles. The fraction of sp³-hybridized carbons (Fsp3) is 0.429. The Balaban J connectivity index is 0.000000280. The Morgan fingerprint density at radius 1 is 0.867 bits per heavy atom. The molecule has 15 heavy (non-hydrogen) atoms. The van der Waals surface area contributed by atoms with Crippen molar-refractivity contribution >= 4 is 0 Å². The maximum absolute atomic E-state index is 2.26. The molecule has 0 fully saturated rings. The van der Waals surface area contributed by atoms with Crippen molar-refractivity contribution in [1.29, 1.82) is 0 Å². The van der Waals surface area contributed by atoms with Crippen molar-refractivity contribution in [3.8, 4) is 0 Å². The molecule has 0 aromatic carbocycles. The number of hydrogen-bond acceptors (Lipinski definition) is 0. The van der Waals surface area contributed by atoms with Crippen LogP contribution in [0.1, 0.15) is 27.2 Å². The third kappa shape index (κ3) is 5.81. The second kappa shape index (κ2) is 6.87. The zero-order chi connectivity index (χ0) is 10.4. The predicted molar refractivity (Wildman–Crippen MR) is 64.1 cm³/mol. The summed E-state index contributed by atoms with van der Waals surface area (Å²) in [5.41, 5.74) is 0.406. The zero-order valence-electron chi connectivity index (χ0n) is 9.76. The van der Waals surface area contributed by atoms with Gasteiger partial charge in [0.2, 0.25) is 0 Å². The third-order valence-electron chi connectivity index (χ3n) is 2.40. The van der Waals surface area contributed by atoms with Crippen LogP contribution in [0.15, 0.2) is 48.6 Å². The second-order valence-electron chi connectivity index (χ2n) is 4.75. The van der Waals surface area contributed by atoms with Gasteiger partial charge < -0.3 is 0 Å². The van der Waals surface area contributed by atoms with Crippen molar-refractivity contribution in [2.24, 2.45) is 11.3 Å². The Labute approximate surface area is 104 Å². The van der Waals surface area contributed by atoms with E-state index in [9.17, 15) is 0 Å². The molecule has 0 heterocycles. The van der Waals surface area contributed by atoms with Crippen LogP contribution >= 0.6 is 0 Å². The molecule has 2 rings (SSSR count). The van der Waals surface area contributed by atoms with E-state index in [-0.39, 0.29) is 17.1 Å². The van der Waals surface area contributed by atoms with Gasteiger partial charge in [-0.05, 0) is 11.8 Å². The van der Waals surface area contributed by atoms with Crippen molar-refractivity contribution in [3.05, 3.63) is 48.6 Å². The molecule has 0 aromatic rings. The first-order valence-corrected chi connectivity index (χ1v) is 5.27. The molecule has 0 bridgehead atoms. The molecule has 1 heteroatoms. The Morgan fingerprint density at radius 2 is 1.33 bits per heavy atom. The van der Waals surface area contributed by atoms with E-state index in [0.29, 0.717) is 11.3 Å². The van der Waals surface area contributed by atoms with Crippen LogP contribution in [0.25, 0.3) is 0 Å². The normalized spacial score (nSPS) is 17.5. The van der Waals surface area contributed by atoms with E-state index in [1.807, 2.05) is 0 Å². The molecule has 0 saturated carbocycles. The minimum atomic E-state index is 0. The van der Waals surface area contributed by atoms with Crippen molar-refractivity contribution in [2.45, 2.75) is 27.2 Å². The zero-order valence-corrected chi connectivity index (χ0v) is 10.9. The Morgan fingerprint density at radius 3 is 1.53 bits per heavy atom. The molecule has 0 aromatic heterocycles. The smallest absolute Gasteiger partial charge is 0.000136 e. The van der Waals surface area contributed by atoms with Crippen molar-refractivity contribution in [3.63, 3.8) is 0 Å². The Hall–Kier alpha value is -0.521. The summed E-state index contributed by atoms with van der Waals surface area (Å²) in [6, 6.07) is 0. The van der Waals surface area contributed by atoms with E-state index < -0.39 is 0 Å². The van der Waals surface area contributed by atoms with Crippen LogP contribution in [0.3, 0.4) is 0 Å². The quantitative estimate of drug-likeness (QED) is 0.558. The van der Waals surface area contributed by atoms with Crippen molar-refractivity contribution in [2.75, 3.05) is 0 Å². The standard InChI is InChI=1S/C9H14.C5H6.Fe/c1-9(2,3)8-6-4-5-7-8;1-2-4-5-3-1;/h4-8H,1-3H3;1-4H,5H2;. The van der Waals surface area contributed by atoms with Crippen LogP contribution < -0.4 is 0 Å². The van der Waals surface area contributed by atoms with Crippen molar-refractivity contribution in [1.82, 2.24) is 0 Å². The number of hydrogen-bond donors (Lipinski definition) is 0. The minimum Gasteiger partial charge on any atom is -0.0808 e. The molecule has 0 saturated heterocycles. The van der Waals surface area contributed by atoms with Gasteiger partial charge in [0.05, 0.1) is 0 Å². The SMILES string of the molecule is C1=CCC=C1.CC(C)(C)C1C=CC=C1.[Fe]. The molecule has 0 unspecified atom stereocenters. The monoisotopic (exact) mass is 244 g/mol. The fourth-order valence-corrected chi connectivity index (χ4v) is 1.40. The van der Waals surface area contributed by atoms with Gasteiger partial charge in [-0.3, -0.25) is 0 Å². The Kier molecular flexibility index (Phi) is 6.63. The molecule has 0 spiro atoms. The van der Waals surface area contributed by atoms with E-state index in [0.717, 1.165) is 6.42 Å². The maximum atomic E-state index is 2.26. The van der Waals surface area contributed by atoms with Gasteiger partial charge in [-0.1, -0.05) is 69.4 Å². The minimum absolute atomic E-state index is 0. The molecule has 0 aliphatic heterocycles. The number of allylic oxidation sites excluding steroid dienone is 8. The summed E-state index contributed by atoms with van der Waals surface area (Å²) in [7, 11) is 0. The largest absolute Gasteiger partial charge is 0.0808 e. The summed E-state index contributed by atoms with van der Waals surface area (Å²) in [6.45, 7) is 6.78. The first kappa shape index (κ1) is 14.5. The van der Waals surface area contributed by atoms with E-state index in [4.69, 9.17) is 0 Å². The molecule has 0 radical (unpaired) electrons. The summed E-state index contributed by atoms with van der Waals surface area (Å²) in [4.78, 5) is 0. The summed E-state index contributed by atoms with van der Waals surface area (Å²) >= 11 is 0. The molecule has 0 amide bonds. The van der Waals surface area contributed by atoms with Gasteiger partial charge in [-0.25, -0.2) is 0 Å². The summed E-state index contributed by atoms with van der Waals surface area (Å²) in [5.74, 6) is 0.650. The third-order valence-corrected chi connectivity index (χ3v) is 2.40. The fourth-order valence-electron chi connectivity index (χ4n) is 1.40. The van der Waals surface area contributed by atoms with E-state index in [2.05, 4.69) is 69.4 Å². The van der Waals surface area contributed by atoms with Gasteiger partial charge >= 0.3 is 0 Å². The maximum Gasteiger partial charge on any atom is 0.000136 e. The average molecular weight is 244 g/mol. The first-order valence-electron chi connectivity index (χ1n) is 5.27. The van der Waals surface area contributed by atoms with Crippen LogP contribution in [0, 0.1) is 11.3 Å². The van der Waals surface area contributed by atoms with E-state index >= 15 is 0 Å². The first-order chi connectivity index (χ1) is 6.61. The summed E-state index contributed by atoms with van der Waals surface area (Å²) in [5, 5.41) is 0. The van der Waals surface area contributed by atoms with Crippen LogP contribution in [0.5, 0.6) is 0 Å². The van der Waals surface area contributed by atoms with Crippen LogP contribution in [-0.4, -0.2) is 0 Å². The molecule has 84 valence electrons. The van der Waals surface area contributed by atoms with Crippen LogP contribution in [0.4, 0.5) is 0 Å². The van der Waals surface area contributed by atoms with Gasteiger partial charge in [-0.2, -0.15) is 0 Å². The number of rotatable bonds is 0. The topological polar surface area (TPSA) is 0 Å². The second-order valence-corrected chi connectivity index (χ2v) is 4.75. The molecule has 2 aliphatic rings. The predicted octanol–water partition coefficient (Wildman–Crippen LogP) is 4.27. The Bertz CT molecular complexity index is 252. The van der Waals surface area contributed by atoms with Gasteiger partial charge in [0.15, 0.2) is 0 Å². The van der Waals surface area contributed by atoms with E-state index in [1.165, 1.54) is 0 Å². The molecular formula is C14H20Fe. The van der Waals surface area contributed by atoms with E-state index in [1.54, 1.807) is 0 Å². The van der Waals surface area contributed by atoms with Crippen LogP contribution in [0.2, 0.25) is 0 Å². The summed E-state index contributed by atoms with van der Waals surface area (Å²) < 4.78 is 0. The van der Waals surface area contributed by atoms with Gasteiger partial charge in [0.25, 0.3) is 0 Å². The van der Waals surface area contributed by atoms with Gasteiger partial charge in [0, 0.05) is 23.0 Å². The van der Waals surface area contributed by atoms with Gasteiger partial charge in [-0.15, -0.1) is 0 Å². The molecule has 0 N–H and O–H groups in total. The van der Waals surface area contributed by atoms with Crippen molar-refractivity contribution < 1.29 is 17.1 Å². The average Bonchev–Trinajstić information content (AvgIpc) is 2.80. The van der Waals surface area contributed by atoms with Crippen LogP contribution in [-0.2, 0) is 17.1 Å².